The SMILES string of the molecule is CC1C=CC=CC1c1nc(-c2cccc(C3=CCCc4c3n(-c3ccccc3)c3cc5c6c(n(-c7nc(-c8ccccc8)nc(-c8ccccc8)n7)c5cc43)C=CCC6)c2)nc(-n2c3ccccc3c3cc4c5ccccc5n(-c5ccccc5)c4cc32)n1. The van der Waals surface area contributed by atoms with E-state index in [9.17, 15) is 0 Å². The molecule has 10 nitrogen and oxygen atoms in total. The third kappa shape index (κ3) is 8.17. The average molecular weight is 1150 g/mol. The Bertz CT molecular complexity index is 5450. The monoisotopic (exact) mass is 1140 g/mol. The summed E-state index contributed by atoms with van der Waals surface area (Å²) < 4.78 is 9.45. The lowest BCUT2D eigenvalue weighted by molar-refractivity contribution is 0.597. The summed E-state index contributed by atoms with van der Waals surface area (Å²) in [4.78, 5) is 32.3. The van der Waals surface area contributed by atoms with Crippen molar-refractivity contribution in [2.75, 3.05) is 0 Å². The van der Waals surface area contributed by atoms with Crippen molar-refractivity contribution in [1.29, 1.82) is 0 Å². The third-order valence-corrected chi connectivity index (χ3v) is 18.5. The molecule has 0 amide bonds. The van der Waals surface area contributed by atoms with Crippen molar-refractivity contribution in [3.8, 4) is 57.4 Å². The van der Waals surface area contributed by atoms with E-state index in [1.807, 2.05) is 36.4 Å². The van der Waals surface area contributed by atoms with Crippen LogP contribution in [0.4, 0.5) is 0 Å². The quantitative estimate of drug-likeness (QED) is 0.143. The van der Waals surface area contributed by atoms with Gasteiger partial charge in [-0.15, -0.1) is 0 Å². The minimum absolute atomic E-state index is 0.0646. The number of rotatable bonds is 9. The molecule has 10 heteroatoms. The Balaban J connectivity index is 0.827. The van der Waals surface area contributed by atoms with E-state index in [1.165, 1.54) is 49.5 Å². The largest absolute Gasteiger partial charge is 0.309 e. The van der Waals surface area contributed by atoms with Crippen molar-refractivity contribution in [1.82, 2.24) is 48.2 Å². The van der Waals surface area contributed by atoms with Gasteiger partial charge in [0.1, 0.15) is 5.82 Å². The van der Waals surface area contributed by atoms with Crippen LogP contribution in [0.5, 0.6) is 0 Å². The maximum Gasteiger partial charge on any atom is 0.238 e. The Labute approximate surface area is 513 Å². The van der Waals surface area contributed by atoms with Gasteiger partial charge in [-0.3, -0.25) is 9.13 Å². The molecular weight excluding hydrogens is 1090 g/mol. The molecule has 0 N–H and O–H groups in total. The van der Waals surface area contributed by atoms with Gasteiger partial charge >= 0.3 is 0 Å². The molecule has 15 aromatic rings. The van der Waals surface area contributed by atoms with Crippen LogP contribution in [-0.2, 0) is 12.8 Å². The van der Waals surface area contributed by atoms with Crippen molar-refractivity contribution in [2.45, 2.75) is 38.5 Å². The van der Waals surface area contributed by atoms with Gasteiger partial charge in [-0.1, -0.05) is 195 Å². The van der Waals surface area contributed by atoms with Crippen molar-refractivity contribution in [3.05, 3.63) is 289 Å². The van der Waals surface area contributed by atoms with Crippen LogP contribution in [0.3, 0.4) is 0 Å². The summed E-state index contributed by atoms with van der Waals surface area (Å²) in [5.74, 6) is 3.91. The molecular formula is C79H56N10. The van der Waals surface area contributed by atoms with Crippen molar-refractivity contribution < 1.29 is 0 Å². The predicted octanol–water partition coefficient (Wildman–Crippen LogP) is 18.3. The number of para-hydroxylation sites is 4. The molecule has 0 radical (unpaired) electrons. The predicted molar refractivity (Wildman–Crippen MR) is 361 cm³/mol. The molecule has 0 saturated carbocycles. The number of allylic oxidation sites excluding steroid dienone is 6. The molecule has 18 rings (SSSR count). The van der Waals surface area contributed by atoms with Gasteiger partial charge in [-0.05, 0) is 121 Å². The Kier molecular flexibility index (Phi) is 11.7. The molecule has 89 heavy (non-hydrogen) atoms. The zero-order chi connectivity index (χ0) is 58.7. The Morgan fingerprint density at radius 2 is 0.899 bits per heavy atom. The van der Waals surface area contributed by atoms with Crippen LogP contribution in [0, 0.1) is 5.92 Å². The highest BCUT2D eigenvalue weighted by Crippen LogP contribution is 2.46. The summed E-state index contributed by atoms with van der Waals surface area (Å²) in [5, 5.41) is 7.09. The number of fused-ring (bicyclic) bond motifs is 12. The molecule has 0 saturated heterocycles. The third-order valence-electron chi connectivity index (χ3n) is 18.5. The van der Waals surface area contributed by atoms with E-state index in [-0.39, 0.29) is 11.8 Å². The van der Waals surface area contributed by atoms with Crippen molar-refractivity contribution in [3.63, 3.8) is 0 Å². The number of hydrogen-bond acceptors (Lipinski definition) is 6. The number of hydrogen-bond donors (Lipinski definition) is 0. The van der Waals surface area contributed by atoms with Crippen LogP contribution < -0.4 is 0 Å². The second kappa shape index (κ2) is 20.4. The topological polar surface area (TPSA) is 97.1 Å². The van der Waals surface area contributed by atoms with Gasteiger partial charge in [0.05, 0.1) is 44.5 Å². The van der Waals surface area contributed by atoms with Crippen molar-refractivity contribution >= 4 is 77.1 Å². The first-order chi connectivity index (χ1) is 44.1. The van der Waals surface area contributed by atoms with Gasteiger partial charge < -0.3 is 9.13 Å². The van der Waals surface area contributed by atoms with E-state index in [2.05, 4.69) is 250 Å². The highest BCUT2D eigenvalue weighted by Gasteiger charge is 2.30. The maximum absolute atomic E-state index is 5.58. The fourth-order valence-electron chi connectivity index (χ4n) is 14.4. The Hall–Kier alpha value is -11.4. The number of aromatic nitrogens is 10. The summed E-state index contributed by atoms with van der Waals surface area (Å²) in [6.45, 7) is 2.25. The minimum Gasteiger partial charge on any atom is -0.309 e. The highest BCUT2D eigenvalue weighted by atomic mass is 15.2. The van der Waals surface area contributed by atoms with Gasteiger partial charge in [0, 0.05) is 71.9 Å². The molecule has 0 fully saturated rings. The normalized spacial score (nSPS) is 15.4. The highest BCUT2D eigenvalue weighted by molar-refractivity contribution is 6.19. The summed E-state index contributed by atoms with van der Waals surface area (Å²) >= 11 is 0. The van der Waals surface area contributed by atoms with E-state index in [1.54, 1.807) is 0 Å². The summed E-state index contributed by atoms with van der Waals surface area (Å²) in [7, 11) is 0. The second-order valence-electron chi connectivity index (χ2n) is 23.7. The summed E-state index contributed by atoms with van der Waals surface area (Å²) in [6.07, 6.45) is 19.3. The molecule has 6 heterocycles. The standard InChI is InChI=1S/C79H56N10/c1-49-24-14-15-35-56(49)77-81-76(84-79(85-77)89-67-42-20-17-37-59(67)63-45-62-58-36-16-19-41-66(58)86(71(62)48-72(63)89)54-31-10-4-11-32-54)53-30-22-29-52(44-53)57-39-23-40-61-65-47-70-64(46-69(65)87(73(57)61)55-33-12-5-13-34-55)60-38-18-21-43-68(60)88(70)78-82-74(50-25-6-2-7-26-50)80-75(83-78)51-27-8-3-9-28-51/h2-17,19-22,24-37,39,41-49,56H,18,23,38,40H2,1H3. The van der Waals surface area contributed by atoms with E-state index in [0.717, 1.165) is 109 Å². The van der Waals surface area contributed by atoms with E-state index < -0.39 is 0 Å². The first kappa shape index (κ1) is 50.9. The van der Waals surface area contributed by atoms with Crippen LogP contribution in [0.25, 0.3) is 135 Å². The first-order valence-electron chi connectivity index (χ1n) is 30.8. The number of nitrogens with zero attached hydrogens (tertiary/aromatic N) is 10. The van der Waals surface area contributed by atoms with E-state index in [0.29, 0.717) is 29.4 Å². The fraction of sp³-hybridized carbons (Fsp3) is 0.0886. The van der Waals surface area contributed by atoms with Crippen LogP contribution in [0.1, 0.15) is 59.6 Å². The van der Waals surface area contributed by atoms with Gasteiger partial charge in [0.2, 0.25) is 11.9 Å². The Morgan fingerprint density at radius 3 is 1.58 bits per heavy atom. The second-order valence-corrected chi connectivity index (χ2v) is 23.7. The number of benzene rings is 9. The Morgan fingerprint density at radius 1 is 0.371 bits per heavy atom. The number of aryl methyl sites for hydroxylation is 2. The summed E-state index contributed by atoms with van der Waals surface area (Å²) in [5.41, 5.74) is 18.8. The van der Waals surface area contributed by atoms with Crippen molar-refractivity contribution in [2.24, 2.45) is 5.92 Å². The molecule has 9 aromatic carbocycles. The minimum atomic E-state index is -0.0646. The van der Waals surface area contributed by atoms with Crippen LogP contribution in [0.2, 0.25) is 0 Å². The first-order valence-corrected chi connectivity index (χ1v) is 30.8. The molecule has 6 aromatic heterocycles. The lowest BCUT2D eigenvalue weighted by Crippen LogP contribution is -2.15. The van der Waals surface area contributed by atoms with E-state index in [4.69, 9.17) is 29.9 Å². The maximum atomic E-state index is 5.58. The summed E-state index contributed by atoms with van der Waals surface area (Å²) in [6, 6.07) is 77.9. The van der Waals surface area contributed by atoms with Gasteiger partial charge in [-0.2, -0.15) is 19.9 Å². The molecule has 2 atom stereocenters. The van der Waals surface area contributed by atoms with Crippen LogP contribution >= 0.6 is 0 Å². The average Bonchev–Trinajstić information content (AvgIpc) is 1.62. The molecule has 0 bridgehead atoms. The molecule has 0 aliphatic heterocycles. The van der Waals surface area contributed by atoms with E-state index >= 15 is 0 Å². The molecule has 3 aliphatic carbocycles. The van der Waals surface area contributed by atoms with Crippen LogP contribution in [-0.4, -0.2) is 48.2 Å². The smallest absolute Gasteiger partial charge is 0.238 e. The van der Waals surface area contributed by atoms with Gasteiger partial charge in [0.25, 0.3) is 0 Å². The molecule has 2 unspecified atom stereocenters. The zero-order valence-corrected chi connectivity index (χ0v) is 48.8. The lowest BCUT2D eigenvalue weighted by atomic mass is 9.89. The molecule has 3 aliphatic rings. The van der Waals surface area contributed by atoms with Crippen LogP contribution in [0.15, 0.2) is 255 Å². The molecule has 422 valence electrons. The van der Waals surface area contributed by atoms with Gasteiger partial charge in [-0.25, -0.2) is 9.97 Å². The lowest BCUT2D eigenvalue weighted by Gasteiger charge is -2.21. The van der Waals surface area contributed by atoms with Gasteiger partial charge in [0.15, 0.2) is 17.5 Å². The molecule has 0 spiro atoms. The fourth-order valence-corrected chi connectivity index (χ4v) is 14.4. The zero-order valence-electron chi connectivity index (χ0n) is 48.8.